The Morgan fingerprint density at radius 1 is 0.761 bits per heavy atom. The summed E-state index contributed by atoms with van der Waals surface area (Å²) in [6, 6.07) is 10.0. The first kappa shape index (κ1) is 37.0. The zero-order valence-electron chi connectivity index (χ0n) is 32.0. The molecule has 2 aromatic rings. The molecule has 1 unspecified atom stereocenters. The standard InChI is InChI=1S/C31H37.C11H17.C3H6.Zr/c1-28(2,3)26-16-30(7,8)24-12-18-11-19-13-25-23(15-21(19)20(18)14-22(24)26)27(29(4,5)6)17-31(25,9)10;1-5-9-6-7-10(8-9)11(2,3)4;1-3-2;/h12-16H,11H2,1-10H3;7-9H,5H2,1-4H3;1-2H3;/q2*-1;;+2. The Bertz CT molecular complexity index is 1560. The molecule has 6 rings (SSSR count). The average Bonchev–Trinajstić information content (AvgIpc) is 3.63. The van der Waals surface area contributed by atoms with Crippen LogP contribution in [0.15, 0.2) is 48.1 Å². The van der Waals surface area contributed by atoms with E-state index in [4.69, 9.17) is 0 Å². The van der Waals surface area contributed by atoms with E-state index in [2.05, 4.69) is 165 Å². The molecule has 0 aromatic heterocycles. The second-order valence-electron chi connectivity index (χ2n) is 18.4. The van der Waals surface area contributed by atoms with E-state index in [0.29, 0.717) is 11.3 Å². The normalized spacial score (nSPS) is 19.9. The summed E-state index contributed by atoms with van der Waals surface area (Å²) in [5.74, 6) is 0.573. The van der Waals surface area contributed by atoms with Crippen LogP contribution in [0, 0.1) is 34.3 Å². The Kier molecular flexibility index (Phi) is 10.1. The van der Waals surface area contributed by atoms with Gasteiger partial charge in [0.1, 0.15) is 0 Å². The van der Waals surface area contributed by atoms with Gasteiger partial charge < -0.3 is 0 Å². The first-order chi connectivity index (χ1) is 20.9. The van der Waals surface area contributed by atoms with Crippen LogP contribution in [0.2, 0.25) is 0 Å². The van der Waals surface area contributed by atoms with Gasteiger partial charge in [-0.15, -0.1) is 11.6 Å². The number of rotatable bonds is 1. The van der Waals surface area contributed by atoms with E-state index in [-0.39, 0.29) is 21.7 Å². The third-order valence-electron chi connectivity index (χ3n) is 9.73. The summed E-state index contributed by atoms with van der Waals surface area (Å²) >= 11 is 1.55. The van der Waals surface area contributed by atoms with Crippen LogP contribution in [-0.2, 0) is 41.5 Å². The van der Waals surface area contributed by atoms with E-state index in [1.807, 2.05) is 0 Å². The van der Waals surface area contributed by atoms with Gasteiger partial charge in [-0.2, -0.15) is 17.2 Å². The molecule has 0 bridgehead atoms. The van der Waals surface area contributed by atoms with E-state index in [1.54, 1.807) is 24.2 Å². The van der Waals surface area contributed by atoms with Crippen molar-refractivity contribution < 1.29 is 24.2 Å². The molecule has 0 fully saturated rings. The van der Waals surface area contributed by atoms with Crippen molar-refractivity contribution in [2.45, 2.75) is 134 Å². The fourth-order valence-corrected chi connectivity index (χ4v) is 7.16. The Hall–Kier alpha value is -1.85. The number of allylic oxidation sites excluding steroid dienone is 8. The molecule has 0 N–H and O–H groups in total. The summed E-state index contributed by atoms with van der Waals surface area (Å²) in [4.78, 5) is 0. The Labute approximate surface area is 298 Å². The summed E-state index contributed by atoms with van der Waals surface area (Å²) in [6.07, 6.45) is 16.4. The zero-order chi connectivity index (χ0) is 34.8. The SMILES string of the molecule is CC(C)(C)C1=[C-]C(C)(C)c2cc3c(cc21)-c1cc2c(cc1C3)C(C)(C)C=C2C(C)(C)C.CCC1[C-]=CC(C(C)(C)C)=C1.C[C](C)=[Zr+2]. The second kappa shape index (κ2) is 12.6. The number of benzene rings is 2. The van der Waals surface area contributed by atoms with Gasteiger partial charge in [0.25, 0.3) is 0 Å². The minimum atomic E-state index is -0.0202. The van der Waals surface area contributed by atoms with Crippen LogP contribution >= 0.6 is 0 Å². The van der Waals surface area contributed by atoms with Crippen LogP contribution in [0.4, 0.5) is 0 Å². The van der Waals surface area contributed by atoms with E-state index >= 15 is 0 Å². The molecule has 0 amide bonds. The maximum atomic E-state index is 3.85. The Morgan fingerprint density at radius 3 is 1.72 bits per heavy atom. The first-order valence-electron chi connectivity index (χ1n) is 17.4. The number of hydrogen-bond donors (Lipinski definition) is 0. The van der Waals surface area contributed by atoms with Crippen molar-refractivity contribution in [3.63, 3.8) is 0 Å². The Balaban J connectivity index is 0.000000266. The van der Waals surface area contributed by atoms with Crippen LogP contribution in [0.3, 0.4) is 0 Å². The quantitative estimate of drug-likeness (QED) is 0.223. The third-order valence-corrected chi connectivity index (χ3v) is 9.73. The second-order valence-corrected chi connectivity index (χ2v) is 20.8. The fourth-order valence-electron chi connectivity index (χ4n) is 7.16. The molecule has 244 valence electrons. The molecule has 1 heteroatoms. The minimum absolute atomic E-state index is 0.0202. The van der Waals surface area contributed by atoms with Gasteiger partial charge in [-0.05, 0) is 62.3 Å². The summed E-state index contributed by atoms with van der Waals surface area (Å²) < 4.78 is 1.51. The van der Waals surface area contributed by atoms with Crippen molar-refractivity contribution in [2.75, 3.05) is 0 Å². The van der Waals surface area contributed by atoms with Gasteiger partial charge in [0.05, 0.1) is 0 Å². The fraction of sp³-hybridized carbons (Fsp3) is 0.533. The van der Waals surface area contributed by atoms with Gasteiger partial charge >= 0.3 is 41.3 Å². The van der Waals surface area contributed by atoms with Crippen molar-refractivity contribution in [2.24, 2.45) is 22.2 Å². The molecule has 4 aliphatic carbocycles. The zero-order valence-corrected chi connectivity index (χ0v) is 34.5. The predicted octanol–water partition coefficient (Wildman–Crippen LogP) is 12.6. The third kappa shape index (κ3) is 7.56. The van der Waals surface area contributed by atoms with Crippen LogP contribution in [-0.4, -0.2) is 3.21 Å². The van der Waals surface area contributed by atoms with Gasteiger partial charge in [0, 0.05) is 5.41 Å². The predicted molar refractivity (Wildman–Crippen MR) is 200 cm³/mol. The van der Waals surface area contributed by atoms with E-state index in [9.17, 15) is 0 Å². The molecule has 0 radical (unpaired) electrons. The van der Waals surface area contributed by atoms with Gasteiger partial charge in [0.2, 0.25) is 0 Å². The summed E-state index contributed by atoms with van der Waals surface area (Å²) in [5, 5.41) is 0. The van der Waals surface area contributed by atoms with Gasteiger partial charge in [0.15, 0.2) is 0 Å². The van der Waals surface area contributed by atoms with Gasteiger partial charge in [-0.3, -0.25) is 12.2 Å². The molecule has 0 saturated carbocycles. The first-order valence-corrected chi connectivity index (χ1v) is 18.7. The van der Waals surface area contributed by atoms with Crippen LogP contribution in [0.5, 0.6) is 0 Å². The van der Waals surface area contributed by atoms with Crippen molar-refractivity contribution >= 4 is 14.4 Å². The topological polar surface area (TPSA) is 0 Å². The molecule has 46 heavy (non-hydrogen) atoms. The molecule has 0 nitrogen and oxygen atoms in total. The van der Waals surface area contributed by atoms with Crippen molar-refractivity contribution in [3.05, 3.63) is 93.6 Å². The molecule has 0 saturated heterocycles. The van der Waals surface area contributed by atoms with Crippen molar-refractivity contribution in [3.8, 4) is 11.1 Å². The van der Waals surface area contributed by atoms with E-state index in [0.717, 1.165) is 6.42 Å². The monoisotopic (exact) mass is 690 g/mol. The van der Waals surface area contributed by atoms with E-state index < -0.39 is 0 Å². The maximum absolute atomic E-state index is 3.85. The summed E-state index contributed by atoms with van der Waals surface area (Å²) in [6.45, 7) is 36.5. The average molecular weight is 692 g/mol. The molecule has 1 atom stereocenters. The molecule has 0 spiro atoms. The van der Waals surface area contributed by atoms with Gasteiger partial charge in [-0.1, -0.05) is 138 Å². The van der Waals surface area contributed by atoms with E-state index in [1.165, 1.54) is 70.9 Å². The molecular weight excluding hydrogens is 632 g/mol. The van der Waals surface area contributed by atoms with Crippen LogP contribution in [0.1, 0.15) is 151 Å². The molecule has 0 aliphatic heterocycles. The van der Waals surface area contributed by atoms with Gasteiger partial charge in [-0.25, -0.2) is 11.6 Å². The number of fused-ring (bicyclic) bond motifs is 5. The molecular formula is C45H60Zr. The molecule has 4 aliphatic rings. The van der Waals surface area contributed by atoms with Crippen LogP contribution in [0.25, 0.3) is 22.3 Å². The number of hydrogen-bond acceptors (Lipinski definition) is 0. The molecule has 0 heterocycles. The summed E-state index contributed by atoms with van der Waals surface area (Å²) in [5.41, 5.74) is 16.6. The van der Waals surface area contributed by atoms with Crippen LogP contribution < -0.4 is 0 Å². The summed E-state index contributed by atoms with van der Waals surface area (Å²) in [7, 11) is 0. The molecule has 2 aromatic carbocycles. The Morgan fingerprint density at radius 2 is 1.28 bits per heavy atom. The van der Waals surface area contributed by atoms with Crippen molar-refractivity contribution in [1.29, 1.82) is 0 Å². The van der Waals surface area contributed by atoms with Crippen molar-refractivity contribution in [1.82, 2.24) is 0 Å².